The van der Waals surface area contributed by atoms with E-state index < -0.39 is 10.0 Å². The summed E-state index contributed by atoms with van der Waals surface area (Å²) in [6, 6.07) is 0. The second-order valence-corrected chi connectivity index (χ2v) is 7.85. The van der Waals surface area contributed by atoms with Crippen LogP contribution in [0.3, 0.4) is 0 Å². The zero-order chi connectivity index (χ0) is 13.6. The smallest absolute Gasteiger partial charge is 0.214 e. The van der Waals surface area contributed by atoms with Gasteiger partial charge in [0.15, 0.2) is 0 Å². The topological polar surface area (TPSA) is 46.2 Å². The highest BCUT2D eigenvalue weighted by atomic mass is 35.5. The van der Waals surface area contributed by atoms with Crippen molar-refractivity contribution in [2.75, 3.05) is 6.54 Å². The zero-order valence-electron chi connectivity index (χ0n) is 11.5. The summed E-state index contributed by atoms with van der Waals surface area (Å²) in [5.74, 6) is 0.390. The third-order valence-electron chi connectivity index (χ3n) is 4.03. The van der Waals surface area contributed by atoms with Crippen molar-refractivity contribution in [3.05, 3.63) is 0 Å². The molecule has 0 aromatic heterocycles. The Morgan fingerprint density at radius 1 is 1.17 bits per heavy atom. The van der Waals surface area contributed by atoms with E-state index in [1.807, 2.05) is 0 Å². The lowest BCUT2D eigenvalue weighted by molar-refractivity contribution is 0.451. The van der Waals surface area contributed by atoms with E-state index >= 15 is 0 Å². The lowest BCUT2D eigenvalue weighted by Crippen LogP contribution is -2.39. The van der Waals surface area contributed by atoms with Gasteiger partial charge in [-0.05, 0) is 18.8 Å². The molecule has 0 bridgehead atoms. The van der Waals surface area contributed by atoms with Crippen LogP contribution in [0.1, 0.15) is 58.8 Å². The summed E-state index contributed by atoms with van der Waals surface area (Å²) in [5, 5.41) is -0.296. The second-order valence-electron chi connectivity index (χ2n) is 5.25. The molecule has 0 radical (unpaired) electrons. The maximum absolute atomic E-state index is 12.1. The Labute approximate surface area is 117 Å². The number of nitrogens with one attached hydrogen (secondary N) is 1. The van der Waals surface area contributed by atoms with Crippen molar-refractivity contribution < 1.29 is 8.42 Å². The SMILES string of the molecule is CCC(CC)C(Cl)CNS(=O)(=O)C1CCCCC1. The van der Waals surface area contributed by atoms with Crippen molar-refractivity contribution in [3.63, 3.8) is 0 Å². The molecule has 3 nitrogen and oxygen atoms in total. The van der Waals surface area contributed by atoms with Gasteiger partial charge in [-0.25, -0.2) is 13.1 Å². The van der Waals surface area contributed by atoms with Crippen LogP contribution in [0.15, 0.2) is 0 Å². The van der Waals surface area contributed by atoms with E-state index in [1.165, 1.54) is 0 Å². The van der Waals surface area contributed by atoms with Gasteiger partial charge >= 0.3 is 0 Å². The van der Waals surface area contributed by atoms with Crippen molar-refractivity contribution in [3.8, 4) is 0 Å². The van der Waals surface area contributed by atoms with Gasteiger partial charge in [-0.3, -0.25) is 0 Å². The van der Waals surface area contributed by atoms with E-state index in [2.05, 4.69) is 18.6 Å². The molecule has 1 saturated carbocycles. The molecule has 108 valence electrons. The van der Waals surface area contributed by atoms with Crippen LogP contribution in [0.2, 0.25) is 0 Å². The largest absolute Gasteiger partial charge is 0.214 e. The van der Waals surface area contributed by atoms with Gasteiger partial charge in [0.25, 0.3) is 0 Å². The fourth-order valence-corrected chi connectivity index (χ4v) is 4.78. The van der Waals surface area contributed by atoms with Crippen LogP contribution >= 0.6 is 11.6 Å². The summed E-state index contributed by atoms with van der Waals surface area (Å²) in [7, 11) is -3.16. The molecule has 1 rings (SSSR count). The Bertz CT molecular complexity index is 322. The predicted molar refractivity (Wildman–Crippen MR) is 77.5 cm³/mol. The molecule has 0 aliphatic heterocycles. The van der Waals surface area contributed by atoms with Gasteiger partial charge in [0.1, 0.15) is 0 Å². The van der Waals surface area contributed by atoms with Crippen molar-refractivity contribution in [2.45, 2.75) is 69.4 Å². The Morgan fingerprint density at radius 3 is 2.22 bits per heavy atom. The molecule has 0 aromatic rings. The molecule has 5 heteroatoms. The Morgan fingerprint density at radius 2 is 1.72 bits per heavy atom. The second kappa shape index (κ2) is 7.71. The first-order valence-electron chi connectivity index (χ1n) is 7.13. The fraction of sp³-hybridized carbons (Fsp3) is 1.00. The molecule has 1 aliphatic rings. The highest BCUT2D eigenvalue weighted by Crippen LogP contribution is 2.24. The third kappa shape index (κ3) is 4.71. The van der Waals surface area contributed by atoms with Crippen LogP contribution in [0.5, 0.6) is 0 Å². The highest BCUT2D eigenvalue weighted by molar-refractivity contribution is 7.90. The monoisotopic (exact) mass is 295 g/mol. The molecule has 1 unspecified atom stereocenters. The fourth-order valence-electron chi connectivity index (χ4n) is 2.66. The summed E-state index contributed by atoms with van der Waals surface area (Å²) in [4.78, 5) is 0. The molecule has 0 amide bonds. The number of hydrogen-bond acceptors (Lipinski definition) is 2. The first-order chi connectivity index (χ1) is 8.51. The first kappa shape index (κ1) is 16.3. The van der Waals surface area contributed by atoms with E-state index in [1.54, 1.807) is 0 Å². The van der Waals surface area contributed by atoms with E-state index in [-0.39, 0.29) is 10.6 Å². The van der Waals surface area contributed by atoms with Crippen LogP contribution in [0.25, 0.3) is 0 Å². The van der Waals surface area contributed by atoms with Crippen LogP contribution in [0.4, 0.5) is 0 Å². The summed E-state index contributed by atoms with van der Waals surface area (Å²) in [5.41, 5.74) is 0. The van der Waals surface area contributed by atoms with Gasteiger partial charge in [-0.15, -0.1) is 11.6 Å². The molecular weight excluding hydrogens is 270 g/mol. The van der Waals surface area contributed by atoms with Gasteiger partial charge in [0.05, 0.1) is 5.25 Å². The Balaban J connectivity index is 2.45. The lowest BCUT2D eigenvalue weighted by atomic mass is 9.99. The molecule has 0 spiro atoms. The van der Waals surface area contributed by atoms with Gasteiger partial charge in [-0.1, -0.05) is 46.0 Å². The maximum Gasteiger partial charge on any atom is 0.214 e. The molecule has 1 atom stereocenters. The van der Waals surface area contributed by atoms with Crippen LogP contribution in [0, 0.1) is 5.92 Å². The van der Waals surface area contributed by atoms with E-state index in [4.69, 9.17) is 11.6 Å². The predicted octanol–water partition coefficient (Wildman–Crippen LogP) is 3.28. The van der Waals surface area contributed by atoms with E-state index in [0.29, 0.717) is 12.5 Å². The number of rotatable bonds is 7. The summed E-state index contributed by atoms with van der Waals surface area (Å²) in [6.07, 6.45) is 6.81. The minimum atomic E-state index is -3.16. The minimum Gasteiger partial charge on any atom is -0.214 e. The van der Waals surface area contributed by atoms with Crippen LogP contribution < -0.4 is 4.72 Å². The summed E-state index contributed by atoms with van der Waals surface area (Å²) in [6.45, 7) is 4.56. The van der Waals surface area contributed by atoms with Crippen molar-refractivity contribution in [1.82, 2.24) is 4.72 Å². The average Bonchev–Trinajstić information content (AvgIpc) is 2.39. The Kier molecular flexibility index (Phi) is 6.96. The molecule has 0 saturated heterocycles. The zero-order valence-corrected chi connectivity index (χ0v) is 13.1. The van der Waals surface area contributed by atoms with Crippen LogP contribution in [-0.2, 0) is 10.0 Å². The van der Waals surface area contributed by atoms with E-state index in [0.717, 1.165) is 44.9 Å². The number of hydrogen-bond donors (Lipinski definition) is 1. The van der Waals surface area contributed by atoms with Crippen molar-refractivity contribution >= 4 is 21.6 Å². The van der Waals surface area contributed by atoms with Crippen molar-refractivity contribution in [1.29, 1.82) is 0 Å². The molecule has 0 heterocycles. The average molecular weight is 296 g/mol. The normalized spacial score (nSPS) is 20.2. The summed E-state index contributed by atoms with van der Waals surface area (Å²) >= 11 is 6.27. The van der Waals surface area contributed by atoms with Gasteiger partial charge < -0.3 is 0 Å². The lowest BCUT2D eigenvalue weighted by Gasteiger charge is -2.24. The first-order valence-corrected chi connectivity index (χ1v) is 9.12. The molecule has 1 aliphatic carbocycles. The number of alkyl halides is 1. The number of sulfonamides is 1. The minimum absolute atomic E-state index is 0.0987. The number of halogens is 1. The van der Waals surface area contributed by atoms with Crippen LogP contribution in [-0.4, -0.2) is 25.6 Å². The molecule has 18 heavy (non-hydrogen) atoms. The molecular formula is C13H26ClNO2S. The van der Waals surface area contributed by atoms with Gasteiger partial charge in [0, 0.05) is 11.9 Å². The van der Waals surface area contributed by atoms with Crippen molar-refractivity contribution in [2.24, 2.45) is 5.92 Å². The Hall–Kier alpha value is 0.200. The van der Waals surface area contributed by atoms with Gasteiger partial charge in [-0.2, -0.15) is 0 Å². The molecule has 0 aromatic carbocycles. The maximum atomic E-state index is 12.1. The quantitative estimate of drug-likeness (QED) is 0.733. The van der Waals surface area contributed by atoms with E-state index in [9.17, 15) is 8.42 Å². The standard InChI is InChI=1S/C13H26ClNO2S/c1-3-11(4-2)13(14)10-15-18(16,17)12-8-6-5-7-9-12/h11-13,15H,3-10H2,1-2H3. The third-order valence-corrected chi connectivity index (χ3v) is 6.46. The molecule has 1 fully saturated rings. The highest BCUT2D eigenvalue weighted by Gasteiger charge is 2.28. The molecule has 1 N–H and O–H groups in total. The summed E-state index contributed by atoms with van der Waals surface area (Å²) < 4.78 is 27.0. The van der Waals surface area contributed by atoms with Gasteiger partial charge in [0.2, 0.25) is 10.0 Å².